The third-order valence-corrected chi connectivity index (χ3v) is 6.35. The fourth-order valence-electron chi connectivity index (χ4n) is 4.26. The number of halogens is 4. The molecule has 1 aromatic heterocycles. The number of carbonyl (C=O) groups excluding carboxylic acids is 1. The van der Waals surface area contributed by atoms with Gasteiger partial charge < -0.3 is 19.4 Å². The first-order valence-corrected chi connectivity index (χ1v) is 11.5. The molecule has 0 unspecified atom stereocenters. The molecule has 0 saturated carbocycles. The van der Waals surface area contributed by atoms with Crippen molar-refractivity contribution in [3.05, 3.63) is 76.5 Å². The SMILES string of the molecule is CN1CCN(c2nc3c(c(Oc4ccc(F)c(F)c4)n2)CN(C(=O)c2ccc(F)cc2F)CC3)CC1. The van der Waals surface area contributed by atoms with Crippen molar-refractivity contribution in [1.82, 2.24) is 19.8 Å². The Labute approximate surface area is 204 Å². The van der Waals surface area contributed by atoms with Crippen LogP contribution in [0.25, 0.3) is 0 Å². The fourth-order valence-corrected chi connectivity index (χ4v) is 4.26. The largest absolute Gasteiger partial charge is 0.438 e. The van der Waals surface area contributed by atoms with Crippen LogP contribution in [0.1, 0.15) is 21.6 Å². The zero-order valence-corrected chi connectivity index (χ0v) is 19.5. The molecule has 0 spiro atoms. The molecule has 188 valence electrons. The predicted molar refractivity (Wildman–Crippen MR) is 123 cm³/mol. The van der Waals surface area contributed by atoms with Crippen molar-refractivity contribution in [2.75, 3.05) is 44.7 Å². The summed E-state index contributed by atoms with van der Waals surface area (Å²) in [4.78, 5) is 27.9. The van der Waals surface area contributed by atoms with Crippen LogP contribution < -0.4 is 9.64 Å². The van der Waals surface area contributed by atoms with Crippen LogP contribution >= 0.6 is 0 Å². The van der Waals surface area contributed by atoms with Crippen LogP contribution in [-0.2, 0) is 13.0 Å². The Morgan fingerprint density at radius 2 is 1.67 bits per heavy atom. The first kappa shape index (κ1) is 24.0. The van der Waals surface area contributed by atoms with E-state index in [1.54, 1.807) is 0 Å². The minimum atomic E-state index is -1.07. The quantitative estimate of drug-likeness (QED) is 0.508. The van der Waals surface area contributed by atoms with Gasteiger partial charge in [0.05, 0.1) is 23.4 Å². The van der Waals surface area contributed by atoms with Gasteiger partial charge in [-0.3, -0.25) is 4.79 Å². The Bertz CT molecular complexity index is 1310. The second-order valence-electron chi connectivity index (χ2n) is 8.82. The van der Waals surface area contributed by atoms with Crippen LogP contribution in [0.4, 0.5) is 23.5 Å². The first-order chi connectivity index (χ1) is 17.3. The highest BCUT2D eigenvalue weighted by molar-refractivity contribution is 5.94. The number of likely N-dealkylation sites (N-methyl/N-ethyl adjacent to an activating group) is 1. The van der Waals surface area contributed by atoms with Gasteiger partial charge in [-0.1, -0.05) is 0 Å². The van der Waals surface area contributed by atoms with Gasteiger partial charge in [-0.25, -0.2) is 22.5 Å². The summed E-state index contributed by atoms with van der Waals surface area (Å²) in [6, 6.07) is 5.94. The molecule has 36 heavy (non-hydrogen) atoms. The molecular weight excluding hydrogens is 478 g/mol. The smallest absolute Gasteiger partial charge is 0.257 e. The molecule has 11 heteroatoms. The number of carbonyl (C=O) groups is 1. The van der Waals surface area contributed by atoms with E-state index >= 15 is 0 Å². The molecule has 1 amide bonds. The number of piperazine rings is 1. The number of amides is 1. The summed E-state index contributed by atoms with van der Waals surface area (Å²) in [5, 5.41) is 0. The summed E-state index contributed by atoms with van der Waals surface area (Å²) in [5.41, 5.74) is 0.887. The summed E-state index contributed by atoms with van der Waals surface area (Å²) in [6.45, 7) is 3.32. The van der Waals surface area contributed by atoms with Crippen molar-refractivity contribution >= 4 is 11.9 Å². The molecule has 0 atom stereocenters. The molecule has 2 aliphatic rings. The predicted octanol–water partition coefficient (Wildman–Crippen LogP) is 3.78. The van der Waals surface area contributed by atoms with Crippen molar-refractivity contribution in [1.29, 1.82) is 0 Å². The van der Waals surface area contributed by atoms with Gasteiger partial charge in [0.2, 0.25) is 11.8 Å². The highest BCUT2D eigenvalue weighted by Crippen LogP contribution is 2.33. The zero-order chi connectivity index (χ0) is 25.4. The van der Waals surface area contributed by atoms with Gasteiger partial charge in [0.1, 0.15) is 17.4 Å². The van der Waals surface area contributed by atoms with E-state index in [0.29, 0.717) is 42.8 Å². The standard InChI is InChI=1S/C25H23F4N5O2/c1-32-8-10-33(11-9-32)25-30-22-6-7-34(24(35)17-4-2-15(26)12-20(17)28)14-18(22)23(31-25)36-16-3-5-19(27)21(29)13-16/h2-5,12-13H,6-11,14H2,1H3. The highest BCUT2D eigenvalue weighted by atomic mass is 19.2. The maximum absolute atomic E-state index is 14.3. The van der Waals surface area contributed by atoms with E-state index in [0.717, 1.165) is 37.4 Å². The fraction of sp³-hybridized carbons (Fsp3) is 0.320. The van der Waals surface area contributed by atoms with E-state index in [-0.39, 0.29) is 30.3 Å². The molecular formula is C25H23F4N5O2. The minimum Gasteiger partial charge on any atom is -0.438 e. The van der Waals surface area contributed by atoms with Crippen molar-refractivity contribution < 1.29 is 27.1 Å². The van der Waals surface area contributed by atoms with Gasteiger partial charge in [0.25, 0.3) is 5.91 Å². The van der Waals surface area contributed by atoms with Crippen LogP contribution in [-0.4, -0.2) is 65.4 Å². The average Bonchev–Trinajstić information content (AvgIpc) is 2.86. The number of anilines is 1. The molecule has 0 radical (unpaired) electrons. The zero-order valence-electron chi connectivity index (χ0n) is 19.5. The van der Waals surface area contributed by atoms with Crippen LogP contribution in [0, 0.1) is 23.3 Å². The highest BCUT2D eigenvalue weighted by Gasteiger charge is 2.30. The first-order valence-electron chi connectivity index (χ1n) is 11.5. The van der Waals surface area contributed by atoms with Crippen molar-refractivity contribution in [3.63, 3.8) is 0 Å². The second kappa shape index (κ2) is 9.73. The molecule has 5 rings (SSSR count). The Hall–Kier alpha value is -3.73. The van der Waals surface area contributed by atoms with E-state index in [1.165, 1.54) is 11.0 Å². The summed E-state index contributed by atoms with van der Waals surface area (Å²) < 4.78 is 60.7. The Morgan fingerprint density at radius 1 is 0.889 bits per heavy atom. The molecule has 2 aromatic carbocycles. The van der Waals surface area contributed by atoms with Gasteiger partial charge >= 0.3 is 0 Å². The summed E-state index contributed by atoms with van der Waals surface area (Å²) in [6.07, 6.45) is 0.349. The Morgan fingerprint density at radius 3 is 2.39 bits per heavy atom. The van der Waals surface area contributed by atoms with Crippen molar-refractivity contribution in [2.24, 2.45) is 0 Å². The Balaban J connectivity index is 1.49. The van der Waals surface area contributed by atoms with Crippen LogP contribution in [0.2, 0.25) is 0 Å². The topological polar surface area (TPSA) is 61.8 Å². The molecule has 1 fully saturated rings. The van der Waals surface area contributed by atoms with E-state index in [2.05, 4.69) is 9.88 Å². The van der Waals surface area contributed by atoms with Gasteiger partial charge in [-0.05, 0) is 31.3 Å². The number of hydrogen-bond acceptors (Lipinski definition) is 6. The maximum atomic E-state index is 14.3. The molecule has 3 heterocycles. The molecule has 0 aliphatic carbocycles. The van der Waals surface area contributed by atoms with Crippen LogP contribution in [0.5, 0.6) is 11.6 Å². The number of benzene rings is 2. The number of fused-ring (bicyclic) bond motifs is 1. The lowest BCUT2D eigenvalue weighted by Crippen LogP contribution is -2.45. The number of hydrogen-bond donors (Lipinski definition) is 0. The number of nitrogens with zero attached hydrogens (tertiary/aromatic N) is 5. The van der Waals surface area contributed by atoms with E-state index in [1.807, 2.05) is 11.9 Å². The molecule has 0 N–H and O–H groups in total. The summed E-state index contributed by atoms with van der Waals surface area (Å²) >= 11 is 0. The van der Waals surface area contributed by atoms with Crippen LogP contribution in [0.15, 0.2) is 36.4 Å². The summed E-state index contributed by atoms with van der Waals surface area (Å²) in [5.74, 6) is -3.83. The normalized spacial score (nSPS) is 16.1. The maximum Gasteiger partial charge on any atom is 0.257 e. The molecule has 3 aromatic rings. The minimum absolute atomic E-state index is 0.00696. The lowest BCUT2D eigenvalue weighted by Gasteiger charge is -2.34. The van der Waals surface area contributed by atoms with Gasteiger partial charge in [0, 0.05) is 51.3 Å². The third-order valence-electron chi connectivity index (χ3n) is 6.35. The van der Waals surface area contributed by atoms with Gasteiger partial charge in [-0.15, -0.1) is 0 Å². The van der Waals surface area contributed by atoms with E-state index in [4.69, 9.17) is 9.72 Å². The van der Waals surface area contributed by atoms with E-state index < -0.39 is 29.2 Å². The monoisotopic (exact) mass is 501 g/mol. The van der Waals surface area contributed by atoms with E-state index in [9.17, 15) is 22.4 Å². The lowest BCUT2D eigenvalue weighted by atomic mass is 10.0. The number of aromatic nitrogens is 2. The third kappa shape index (κ3) is 4.83. The van der Waals surface area contributed by atoms with Crippen molar-refractivity contribution in [2.45, 2.75) is 13.0 Å². The van der Waals surface area contributed by atoms with Gasteiger partial charge in [-0.2, -0.15) is 4.98 Å². The van der Waals surface area contributed by atoms with Gasteiger partial charge in [0.15, 0.2) is 11.6 Å². The summed E-state index contributed by atoms with van der Waals surface area (Å²) in [7, 11) is 2.03. The molecule has 7 nitrogen and oxygen atoms in total. The van der Waals surface area contributed by atoms with Crippen LogP contribution in [0.3, 0.4) is 0 Å². The molecule has 2 aliphatic heterocycles. The average molecular weight is 501 g/mol. The second-order valence-corrected chi connectivity index (χ2v) is 8.82. The Kier molecular flexibility index (Phi) is 6.48. The van der Waals surface area contributed by atoms with Crippen molar-refractivity contribution in [3.8, 4) is 11.6 Å². The lowest BCUT2D eigenvalue weighted by molar-refractivity contribution is 0.0727. The molecule has 0 bridgehead atoms. The molecule has 1 saturated heterocycles. The number of rotatable bonds is 4. The number of ether oxygens (including phenoxy) is 1.